The molecule has 114 valence electrons. The molecule has 0 bridgehead atoms. The third-order valence-corrected chi connectivity index (χ3v) is 4.03. The number of carboxylic acid groups (broad SMARTS) is 1. The largest absolute Gasteiger partial charge is 0.478 e. The van der Waals surface area contributed by atoms with Crippen molar-refractivity contribution in [2.24, 2.45) is 0 Å². The molecule has 1 aliphatic rings. The first kappa shape index (κ1) is 15.7. The van der Waals surface area contributed by atoms with Gasteiger partial charge in [0.05, 0.1) is 0 Å². The second-order valence-corrected chi connectivity index (χ2v) is 5.57. The van der Waals surface area contributed by atoms with E-state index >= 15 is 0 Å². The lowest BCUT2D eigenvalue weighted by molar-refractivity contribution is -0.131. The molecule has 1 fully saturated rings. The van der Waals surface area contributed by atoms with Crippen LogP contribution in [0.15, 0.2) is 24.3 Å². The van der Waals surface area contributed by atoms with Crippen molar-refractivity contribution in [3.05, 3.63) is 41.2 Å². The molecule has 0 atom stereocenters. The van der Waals surface area contributed by atoms with E-state index in [1.807, 2.05) is 6.07 Å². The monoisotopic (exact) mass is 291 g/mol. The van der Waals surface area contributed by atoms with Crippen LogP contribution < -0.4 is 0 Å². The second-order valence-electron chi connectivity index (χ2n) is 5.57. The van der Waals surface area contributed by atoms with Crippen molar-refractivity contribution in [2.45, 2.75) is 45.2 Å². The van der Waals surface area contributed by atoms with Gasteiger partial charge in [0.2, 0.25) is 0 Å². The molecule has 2 rings (SSSR count). The van der Waals surface area contributed by atoms with Crippen LogP contribution in [-0.4, -0.2) is 28.6 Å². The minimum atomic E-state index is -1.03. The molecule has 1 aromatic rings. The van der Waals surface area contributed by atoms with Crippen molar-refractivity contribution in [1.29, 1.82) is 0 Å². The third-order valence-electron chi connectivity index (χ3n) is 4.03. The molecular formula is C17H22FNO2. The Bertz CT molecular complexity index is 522. The van der Waals surface area contributed by atoms with E-state index in [4.69, 9.17) is 5.11 Å². The van der Waals surface area contributed by atoms with Crippen molar-refractivity contribution in [3.8, 4) is 0 Å². The number of benzene rings is 1. The van der Waals surface area contributed by atoms with E-state index in [0.717, 1.165) is 18.2 Å². The maximum absolute atomic E-state index is 13.7. The highest BCUT2D eigenvalue weighted by Crippen LogP contribution is 2.25. The molecule has 0 spiro atoms. The number of halogens is 1. The van der Waals surface area contributed by atoms with Crippen LogP contribution in [0.25, 0.3) is 6.08 Å². The first-order valence-electron chi connectivity index (χ1n) is 7.53. The van der Waals surface area contributed by atoms with Gasteiger partial charge >= 0.3 is 5.97 Å². The lowest BCUT2D eigenvalue weighted by Crippen LogP contribution is -2.32. The zero-order chi connectivity index (χ0) is 15.2. The van der Waals surface area contributed by atoms with E-state index in [1.54, 1.807) is 0 Å². The van der Waals surface area contributed by atoms with Crippen LogP contribution in [0.1, 0.15) is 43.7 Å². The predicted molar refractivity (Wildman–Crippen MR) is 81.4 cm³/mol. The van der Waals surface area contributed by atoms with Crippen molar-refractivity contribution in [3.63, 3.8) is 0 Å². The van der Waals surface area contributed by atoms with E-state index in [2.05, 4.69) is 11.8 Å². The van der Waals surface area contributed by atoms with Gasteiger partial charge in [0, 0.05) is 18.7 Å². The summed E-state index contributed by atoms with van der Waals surface area (Å²) in [7, 11) is 0. The van der Waals surface area contributed by atoms with Gasteiger partial charge in [-0.1, -0.05) is 25.8 Å². The summed E-state index contributed by atoms with van der Waals surface area (Å²) in [4.78, 5) is 12.9. The number of rotatable bonds is 6. The molecule has 0 saturated heterocycles. The maximum atomic E-state index is 13.7. The van der Waals surface area contributed by atoms with E-state index < -0.39 is 5.97 Å². The van der Waals surface area contributed by atoms with Gasteiger partial charge in [-0.25, -0.2) is 9.18 Å². The molecule has 0 aliphatic heterocycles. The molecule has 1 aliphatic carbocycles. The number of hydrogen-bond acceptors (Lipinski definition) is 2. The topological polar surface area (TPSA) is 40.5 Å². The maximum Gasteiger partial charge on any atom is 0.328 e. The predicted octanol–water partition coefficient (Wildman–Crippen LogP) is 3.69. The molecule has 0 heterocycles. The van der Waals surface area contributed by atoms with Gasteiger partial charge in [-0.15, -0.1) is 0 Å². The molecule has 3 nitrogen and oxygen atoms in total. The highest BCUT2D eigenvalue weighted by Gasteiger charge is 2.21. The van der Waals surface area contributed by atoms with E-state index in [1.165, 1.54) is 43.9 Å². The van der Waals surface area contributed by atoms with Gasteiger partial charge in [0.25, 0.3) is 0 Å². The summed E-state index contributed by atoms with van der Waals surface area (Å²) < 4.78 is 13.7. The Morgan fingerprint density at radius 2 is 2.10 bits per heavy atom. The highest BCUT2D eigenvalue weighted by molar-refractivity contribution is 5.85. The van der Waals surface area contributed by atoms with Crippen molar-refractivity contribution >= 4 is 12.0 Å². The molecule has 0 radical (unpaired) electrons. The molecule has 0 aromatic heterocycles. The fourth-order valence-corrected chi connectivity index (χ4v) is 3.03. The zero-order valence-electron chi connectivity index (χ0n) is 12.4. The van der Waals surface area contributed by atoms with Gasteiger partial charge in [0.15, 0.2) is 0 Å². The third kappa shape index (κ3) is 4.67. The first-order valence-corrected chi connectivity index (χ1v) is 7.53. The minimum Gasteiger partial charge on any atom is -0.478 e. The van der Waals surface area contributed by atoms with Crippen LogP contribution in [0.4, 0.5) is 4.39 Å². The molecule has 0 unspecified atom stereocenters. The molecule has 0 amide bonds. The van der Waals surface area contributed by atoms with Gasteiger partial charge in [-0.3, -0.25) is 4.90 Å². The van der Waals surface area contributed by atoms with Gasteiger partial charge in [-0.2, -0.15) is 0 Å². The van der Waals surface area contributed by atoms with Crippen LogP contribution in [0.3, 0.4) is 0 Å². The van der Waals surface area contributed by atoms with Crippen LogP contribution in [-0.2, 0) is 11.3 Å². The van der Waals surface area contributed by atoms with Gasteiger partial charge < -0.3 is 5.11 Å². The standard InChI is InChI=1S/C17H22FNO2/c1-2-19(16-5-3-4-6-16)12-14-9-13(7-8-17(20)21)10-15(18)11-14/h7-11,16H,2-6,12H2,1H3,(H,20,21). The van der Waals surface area contributed by atoms with Crippen LogP contribution in [0.2, 0.25) is 0 Å². The highest BCUT2D eigenvalue weighted by atomic mass is 19.1. The molecule has 21 heavy (non-hydrogen) atoms. The number of hydrogen-bond donors (Lipinski definition) is 1. The summed E-state index contributed by atoms with van der Waals surface area (Å²) >= 11 is 0. The Kier molecular flexibility index (Phi) is 5.51. The summed E-state index contributed by atoms with van der Waals surface area (Å²) in [5.74, 6) is -1.35. The summed E-state index contributed by atoms with van der Waals surface area (Å²) in [5, 5.41) is 8.65. The van der Waals surface area contributed by atoms with Crippen molar-refractivity contribution in [2.75, 3.05) is 6.54 Å². The molecular weight excluding hydrogens is 269 g/mol. The second kappa shape index (κ2) is 7.36. The van der Waals surface area contributed by atoms with E-state index in [-0.39, 0.29) is 5.82 Å². The number of carboxylic acids is 1. The van der Waals surface area contributed by atoms with Crippen molar-refractivity contribution in [1.82, 2.24) is 4.90 Å². The lowest BCUT2D eigenvalue weighted by Gasteiger charge is -2.27. The Morgan fingerprint density at radius 1 is 1.38 bits per heavy atom. The van der Waals surface area contributed by atoms with E-state index in [0.29, 0.717) is 18.2 Å². The van der Waals surface area contributed by atoms with Crippen molar-refractivity contribution < 1.29 is 14.3 Å². The summed E-state index contributed by atoms with van der Waals surface area (Å²) in [6.07, 6.45) is 7.45. The average Bonchev–Trinajstić information content (AvgIpc) is 2.96. The van der Waals surface area contributed by atoms with Gasteiger partial charge in [-0.05, 0) is 48.7 Å². The lowest BCUT2D eigenvalue weighted by atomic mass is 10.1. The average molecular weight is 291 g/mol. The fourth-order valence-electron chi connectivity index (χ4n) is 3.03. The SMILES string of the molecule is CCN(Cc1cc(F)cc(C=CC(=O)O)c1)C1CCCC1. The fraction of sp³-hybridized carbons (Fsp3) is 0.471. The summed E-state index contributed by atoms with van der Waals surface area (Å²) in [6.45, 7) is 3.79. The van der Waals surface area contributed by atoms with E-state index in [9.17, 15) is 9.18 Å². The van der Waals surface area contributed by atoms with Crippen LogP contribution in [0, 0.1) is 5.82 Å². The number of nitrogens with zero attached hydrogens (tertiary/aromatic N) is 1. The number of aliphatic carboxylic acids is 1. The van der Waals surface area contributed by atoms with Gasteiger partial charge in [0.1, 0.15) is 5.82 Å². The smallest absolute Gasteiger partial charge is 0.328 e. The minimum absolute atomic E-state index is 0.319. The Morgan fingerprint density at radius 3 is 2.71 bits per heavy atom. The molecule has 4 heteroatoms. The first-order chi connectivity index (χ1) is 10.1. The Balaban J connectivity index is 2.12. The van der Waals surface area contributed by atoms with Crippen LogP contribution >= 0.6 is 0 Å². The molecule has 1 aromatic carbocycles. The molecule has 1 N–H and O–H groups in total. The van der Waals surface area contributed by atoms with Crippen LogP contribution in [0.5, 0.6) is 0 Å². The quantitative estimate of drug-likeness (QED) is 0.813. The number of carbonyl (C=O) groups is 1. The zero-order valence-corrected chi connectivity index (χ0v) is 12.4. The normalized spacial score (nSPS) is 16.1. The summed E-state index contributed by atoms with van der Waals surface area (Å²) in [5.41, 5.74) is 1.49. The summed E-state index contributed by atoms with van der Waals surface area (Å²) in [6, 6.07) is 5.35. The Labute approximate surface area is 125 Å². The Hall–Kier alpha value is -1.68. The molecule has 1 saturated carbocycles.